The molecule has 0 spiro atoms. The van der Waals surface area contributed by atoms with Crippen LogP contribution in [0.2, 0.25) is 0 Å². The van der Waals surface area contributed by atoms with Crippen LogP contribution in [-0.2, 0) is 6.54 Å². The highest BCUT2D eigenvalue weighted by atomic mass is 16.3. The molecule has 7 heteroatoms. The largest absolute Gasteiger partial charge is 0.508 e. The fourth-order valence-electron chi connectivity index (χ4n) is 2.89. The zero-order valence-electron chi connectivity index (χ0n) is 14.8. The van der Waals surface area contributed by atoms with Gasteiger partial charge < -0.3 is 10.4 Å². The highest BCUT2D eigenvalue weighted by molar-refractivity contribution is 5.57. The van der Waals surface area contributed by atoms with E-state index in [0.29, 0.717) is 30.3 Å². The molecule has 4 rings (SSSR count). The van der Waals surface area contributed by atoms with Crippen molar-refractivity contribution < 1.29 is 5.11 Å². The third-order valence-electron chi connectivity index (χ3n) is 4.27. The van der Waals surface area contributed by atoms with Crippen LogP contribution >= 0.6 is 0 Å². The summed E-state index contributed by atoms with van der Waals surface area (Å²) < 4.78 is 1.34. The van der Waals surface area contributed by atoms with Crippen LogP contribution in [0.1, 0.15) is 17.7 Å². The molecule has 2 aromatic heterocycles. The van der Waals surface area contributed by atoms with E-state index in [1.165, 1.54) is 10.6 Å². The molecule has 1 aromatic carbocycles. The van der Waals surface area contributed by atoms with E-state index in [2.05, 4.69) is 20.4 Å². The maximum Gasteiger partial charge on any atom is 0.274 e. The van der Waals surface area contributed by atoms with Crippen molar-refractivity contribution in [3.8, 4) is 11.4 Å². The van der Waals surface area contributed by atoms with E-state index in [0.717, 1.165) is 16.8 Å². The van der Waals surface area contributed by atoms with Crippen molar-refractivity contribution in [1.82, 2.24) is 24.9 Å². The van der Waals surface area contributed by atoms with Gasteiger partial charge in [-0.25, -0.2) is 4.98 Å². The van der Waals surface area contributed by atoms with E-state index in [-0.39, 0.29) is 11.3 Å². The van der Waals surface area contributed by atoms with Gasteiger partial charge >= 0.3 is 0 Å². The predicted octanol–water partition coefficient (Wildman–Crippen LogP) is 2.77. The Hall–Kier alpha value is -3.61. The smallest absolute Gasteiger partial charge is 0.274 e. The van der Waals surface area contributed by atoms with Gasteiger partial charge in [0.25, 0.3) is 11.3 Å². The summed E-state index contributed by atoms with van der Waals surface area (Å²) in [6.07, 6.45) is 7.58. The number of aliphatic hydroxyl groups is 1. The van der Waals surface area contributed by atoms with E-state index in [4.69, 9.17) is 0 Å². The van der Waals surface area contributed by atoms with Crippen LogP contribution in [-0.4, -0.2) is 24.7 Å². The Morgan fingerprint density at radius 2 is 2.19 bits per heavy atom. The topological polar surface area (TPSA) is 95.3 Å². The maximum atomic E-state index is 12.4. The molecule has 0 saturated carbocycles. The monoisotopic (exact) mass is 361 g/mol. The lowest BCUT2D eigenvalue weighted by Crippen LogP contribution is -2.19. The molecular formula is C20H19N5O2. The Morgan fingerprint density at radius 3 is 3.04 bits per heavy atom. The van der Waals surface area contributed by atoms with E-state index < -0.39 is 0 Å². The Labute approximate surface area is 155 Å². The minimum absolute atomic E-state index is 0.213. The lowest BCUT2D eigenvalue weighted by molar-refractivity contribution is 0.430. The fourth-order valence-corrected chi connectivity index (χ4v) is 2.89. The van der Waals surface area contributed by atoms with Crippen LogP contribution in [0.25, 0.3) is 17.2 Å². The van der Waals surface area contributed by atoms with Crippen molar-refractivity contribution in [3.63, 3.8) is 0 Å². The minimum Gasteiger partial charge on any atom is -0.508 e. The number of nitrogens with zero attached hydrogens (tertiary/aromatic N) is 3. The zero-order valence-corrected chi connectivity index (χ0v) is 14.8. The molecule has 0 bridgehead atoms. The first-order valence-electron chi connectivity index (χ1n) is 8.64. The van der Waals surface area contributed by atoms with Gasteiger partial charge in [0.05, 0.1) is 12.2 Å². The van der Waals surface area contributed by atoms with Crippen molar-refractivity contribution in [3.05, 3.63) is 87.7 Å². The van der Waals surface area contributed by atoms with Crippen molar-refractivity contribution in [1.29, 1.82) is 0 Å². The summed E-state index contributed by atoms with van der Waals surface area (Å²) in [7, 11) is 0. The maximum absolute atomic E-state index is 12.4. The van der Waals surface area contributed by atoms with Gasteiger partial charge in [0.1, 0.15) is 5.76 Å². The minimum atomic E-state index is -0.213. The molecule has 0 atom stereocenters. The van der Waals surface area contributed by atoms with E-state index in [1.54, 1.807) is 18.2 Å². The molecule has 1 aliphatic rings. The van der Waals surface area contributed by atoms with Gasteiger partial charge in [0, 0.05) is 23.7 Å². The fraction of sp³-hybridized carbons (Fsp3) is 0.150. The molecule has 27 heavy (non-hydrogen) atoms. The highest BCUT2D eigenvalue weighted by Gasteiger charge is 2.10. The van der Waals surface area contributed by atoms with E-state index in [1.807, 2.05) is 37.3 Å². The van der Waals surface area contributed by atoms with Crippen LogP contribution in [0.5, 0.6) is 0 Å². The number of aromatic nitrogens is 4. The van der Waals surface area contributed by atoms with Crippen LogP contribution in [0, 0.1) is 6.92 Å². The summed E-state index contributed by atoms with van der Waals surface area (Å²) in [4.78, 5) is 21.4. The number of H-pyrrole nitrogens is 1. The highest BCUT2D eigenvalue weighted by Crippen LogP contribution is 2.16. The molecule has 0 fully saturated rings. The summed E-state index contributed by atoms with van der Waals surface area (Å²) in [6, 6.07) is 9.38. The van der Waals surface area contributed by atoms with E-state index in [9.17, 15) is 9.90 Å². The molecule has 2 heterocycles. The van der Waals surface area contributed by atoms with Crippen LogP contribution in [0.4, 0.5) is 0 Å². The third-order valence-corrected chi connectivity index (χ3v) is 4.27. The number of hydrogen-bond acceptors (Lipinski definition) is 5. The van der Waals surface area contributed by atoms with Crippen LogP contribution < -0.4 is 10.9 Å². The summed E-state index contributed by atoms with van der Waals surface area (Å²) in [5, 5.41) is 15.8. The van der Waals surface area contributed by atoms with E-state index >= 15 is 0 Å². The molecule has 1 aliphatic carbocycles. The first-order valence-corrected chi connectivity index (χ1v) is 8.64. The number of hydrogen-bond donors (Lipinski definition) is 3. The van der Waals surface area contributed by atoms with Crippen molar-refractivity contribution in [2.75, 3.05) is 0 Å². The van der Waals surface area contributed by atoms with Gasteiger partial charge in [-0.1, -0.05) is 29.8 Å². The number of aryl methyl sites for hydroxylation is 1. The molecule has 0 unspecified atom stereocenters. The van der Waals surface area contributed by atoms with Gasteiger partial charge in [0.15, 0.2) is 5.82 Å². The van der Waals surface area contributed by atoms with Crippen molar-refractivity contribution in [2.45, 2.75) is 19.9 Å². The lowest BCUT2D eigenvalue weighted by Gasteiger charge is -2.07. The zero-order chi connectivity index (χ0) is 18.8. The molecule has 0 saturated heterocycles. The molecule has 0 aliphatic heterocycles. The summed E-state index contributed by atoms with van der Waals surface area (Å²) in [6.45, 7) is 2.40. The first-order chi connectivity index (χ1) is 13.1. The average molecular weight is 361 g/mol. The predicted molar refractivity (Wildman–Crippen MR) is 103 cm³/mol. The molecule has 136 valence electrons. The summed E-state index contributed by atoms with van der Waals surface area (Å²) >= 11 is 0. The second-order valence-electron chi connectivity index (χ2n) is 6.40. The number of aliphatic hydroxyl groups excluding tert-OH is 1. The molecule has 0 radical (unpaired) electrons. The Morgan fingerprint density at radius 1 is 1.30 bits per heavy atom. The Balaban J connectivity index is 1.59. The standard InChI is InChI=1S/C20H19N5O2/c1-13-4-2-5-14(10-13)19-23-20-22-16(11-18(27)25(20)24-19)12-21-15-6-3-7-17(26)9-8-15/h2-7,9-11,21,26H,8,12H2,1H3,(H,22,23,24). The molecular weight excluding hydrogens is 342 g/mol. The summed E-state index contributed by atoms with van der Waals surface area (Å²) in [5.74, 6) is 1.18. The lowest BCUT2D eigenvalue weighted by atomic mass is 10.1. The van der Waals surface area contributed by atoms with Gasteiger partial charge in [-0.05, 0) is 31.2 Å². The normalized spacial score (nSPS) is 14.0. The quantitative estimate of drug-likeness (QED) is 0.664. The molecule has 0 amide bonds. The number of nitrogens with one attached hydrogen (secondary N) is 2. The number of benzene rings is 1. The van der Waals surface area contributed by atoms with Crippen molar-refractivity contribution >= 4 is 5.78 Å². The van der Waals surface area contributed by atoms with Crippen LogP contribution in [0.15, 0.2) is 70.9 Å². The SMILES string of the molecule is Cc1cccc(-c2nc3nc(CNC4=CC=CC(O)=CC4)cc(=O)n3[nH]2)c1. The van der Waals surface area contributed by atoms with Crippen LogP contribution in [0.3, 0.4) is 0 Å². The second-order valence-corrected chi connectivity index (χ2v) is 6.40. The average Bonchev–Trinajstić information content (AvgIpc) is 2.97. The van der Waals surface area contributed by atoms with Crippen molar-refractivity contribution in [2.24, 2.45) is 0 Å². The van der Waals surface area contributed by atoms with Gasteiger partial charge in [-0.3, -0.25) is 9.89 Å². The van der Waals surface area contributed by atoms with Gasteiger partial charge in [-0.15, -0.1) is 0 Å². The summed E-state index contributed by atoms with van der Waals surface area (Å²) in [5.41, 5.74) is 3.34. The Kier molecular flexibility index (Phi) is 4.33. The molecule has 7 nitrogen and oxygen atoms in total. The third kappa shape index (κ3) is 3.67. The molecule has 3 N–H and O–H groups in total. The number of allylic oxidation sites excluding steroid dienone is 4. The van der Waals surface area contributed by atoms with Gasteiger partial charge in [0.2, 0.25) is 0 Å². The number of fused-ring (bicyclic) bond motifs is 1. The second kappa shape index (κ2) is 6.95. The number of aromatic amines is 1. The number of rotatable bonds is 4. The Bertz CT molecular complexity index is 1150. The first kappa shape index (κ1) is 16.8. The molecule has 3 aromatic rings. The van der Waals surface area contributed by atoms with Gasteiger partial charge in [-0.2, -0.15) is 9.50 Å².